The van der Waals surface area contributed by atoms with E-state index in [4.69, 9.17) is 0 Å². The zero-order chi connectivity index (χ0) is 11.4. The molecule has 6 heteroatoms. The Kier molecular flexibility index (Phi) is 3.76. The molecular weight excluding hydrogens is 216 g/mol. The molecule has 0 bridgehead atoms. The predicted molar refractivity (Wildman–Crippen MR) is 44.2 cm³/mol. The van der Waals surface area contributed by atoms with Crippen LogP contribution in [0.2, 0.25) is 0 Å². The molecule has 1 radical (unpaired) electrons. The lowest BCUT2D eigenvalue weighted by Gasteiger charge is -2.09. The van der Waals surface area contributed by atoms with Gasteiger partial charge in [0.05, 0.1) is 0 Å². The molecule has 0 unspecified atom stereocenters. The highest BCUT2D eigenvalue weighted by atomic mass is 19.3. The van der Waals surface area contributed by atoms with Gasteiger partial charge in [0.2, 0.25) is 0 Å². The van der Waals surface area contributed by atoms with Crippen LogP contribution in [0.3, 0.4) is 0 Å². The molecule has 2 nitrogen and oxygen atoms in total. The lowest BCUT2D eigenvalue weighted by atomic mass is 10.2. The molecule has 0 heterocycles. The molecule has 0 aliphatic carbocycles. The number of hydrogen-bond donors (Lipinski definition) is 0. The van der Waals surface area contributed by atoms with Crippen molar-refractivity contribution in [1.29, 1.82) is 0 Å². The van der Waals surface area contributed by atoms with Gasteiger partial charge in [-0.05, 0) is 24.6 Å². The van der Waals surface area contributed by atoms with Gasteiger partial charge in [0.25, 0.3) is 0 Å². The van der Waals surface area contributed by atoms with Crippen molar-refractivity contribution in [3.8, 4) is 11.5 Å². The SMILES string of the molecule is [CH2]c1cc(OC(F)F)cc(OC(F)F)c1. The maximum Gasteiger partial charge on any atom is 0.387 e. The third kappa shape index (κ3) is 4.05. The Morgan fingerprint density at radius 3 is 1.60 bits per heavy atom. The largest absolute Gasteiger partial charge is 0.435 e. The van der Waals surface area contributed by atoms with Gasteiger partial charge in [0, 0.05) is 6.07 Å². The van der Waals surface area contributed by atoms with E-state index in [2.05, 4.69) is 16.4 Å². The van der Waals surface area contributed by atoms with E-state index in [0.29, 0.717) is 0 Å². The zero-order valence-corrected chi connectivity index (χ0v) is 7.42. The number of benzene rings is 1. The Morgan fingerprint density at radius 2 is 1.27 bits per heavy atom. The fourth-order valence-corrected chi connectivity index (χ4v) is 0.972. The maximum absolute atomic E-state index is 11.8. The van der Waals surface area contributed by atoms with E-state index < -0.39 is 13.2 Å². The number of rotatable bonds is 4. The molecule has 0 amide bonds. The highest BCUT2D eigenvalue weighted by Gasteiger charge is 2.09. The molecule has 0 spiro atoms. The molecule has 0 N–H and O–H groups in total. The van der Waals surface area contributed by atoms with Gasteiger partial charge in [0.15, 0.2) is 0 Å². The van der Waals surface area contributed by atoms with E-state index in [1.165, 1.54) is 12.1 Å². The van der Waals surface area contributed by atoms with Crippen molar-refractivity contribution in [3.05, 3.63) is 30.7 Å². The standard InChI is InChI=1S/C9H7F4O2/c1-5-2-6(14-8(10)11)4-7(3-5)15-9(12)13/h2-4,8-9H,1H2. The fourth-order valence-electron chi connectivity index (χ4n) is 0.972. The highest BCUT2D eigenvalue weighted by molar-refractivity contribution is 5.39. The molecule has 0 aromatic heterocycles. The highest BCUT2D eigenvalue weighted by Crippen LogP contribution is 2.25. The van der Waals surface area contributed by atoms with Crippen LogP contribution in [0, 0.1) is 6.92 Å². The Hall–Kier alpha value is -1.46. The van der Waals surface area contributed by atoms with Crippen molar-refractivity contribution >= 4 is 0 Å². The van der Waals surface area contributed by atoms with E-state index in [0.717, 1.165) is 6.07 Å². The van der Waals surface area contributed by atoms with Crippen LogP contribution in [0.4, 0.5) is 17.6 Å². The molecule has 0 aliphatic rings. The normalized spacial score (nSPS) is 10.9. The molecule has 1 aromatic carbocycles. The summed E-state index contributed by atoms with van der Waals surface area (Å²) in [5.74, 6) is -0.540. The van der Waals surface area contributed by atoms with Crippen molar-refractivity contribution in [2.75, 3.05) is 0 Å². The Labute approximate surface area is 83.4 Å². The van der Waals surface area contributed by atoms with Gasteiger partial charge in [-0.1, -0.05) is 0 Å². The van der Waals surface area contributed by atoms with E-state index in [9.17, 15) is 17.6 Å². The Bertz CT molecular complexity index is 300. The molecule has 15 heavy (non-hydrogen) atoms. The van der Waals surface area contributed by atoms with Gasteiger partial charge >= 0.3 is 13.2 Å². The second-order valence-corrected chi connectivity index (χ2v) is 2.57. The summed E-state index contributed by atoms with van der Waals surface area (Å²) >= 11 is 0. The van der Waals surface area contributed by atoms with Crippen LogP contribution in [0.5, 0.6) is 11.5 Å². The molecule has 0 saturated carbocycles. The number of ether oxygens (including phenoxy) is 2. The van der Waals surface area contributed by atoms with Crippen molar-refractivity contribution < 1.29 is 27.0 Å². The lowest BCUT2D eigenvalue weighted by Crippen LogP contribution is -2.05. The molecule has 0 fully saturated rings. The summed E-state index contributed by atoms with van der Waals surface area (Å²) in [5.41, 5.74) is 0.240. The van der Waals surface area contributed by atoms with Crippen LogP contribution < -0.4 is 9.47 Å². The topological polar surface area (TPSA) is 18.5 Å². The third-order valence-corrected chi connectivity index (χ3v) is 1.39. The van der Waals surface area contributed by atoms with Crippen LogP contribution in [0.25, 0.3) is 0 Å². The van der Waals surface area contributed by atoms with E-state index in [1.807, 2.05) is 0 Å². The van der Waals surface area contributed by atoms with Crippen LogP contribution in [-0.2, 0) is 0 Å². The molecule has 1 aromatic rings. The smallest absolute Gasteiger partial charge is 0.387 e. The molecule has 0 aliphatic heterocycles. The fraction of sp³-hybridized carbons (Fsp3) is 0.222. The summed E-state index contributed by atoms with van der Waals surface area (Å²) in [6.07, 6.45) is 0. The first-order chi connectivity index (χ1) is 6.97. The van der Waals surface area contributed by atoms with Gasteiger partial charge < -0.3 is 9.47 Å². The first-order valence-electron chi connectivity index (χ1n) is 3.84. The van der Waals surface area contributed by atoms with Crippen LogP contribution in [0.15, 0.2) is 18.2 Å². The summed E-state index contributed by atoms with van der Waals surface area (Å²) < 4.78 is 55.3. The molecule has 1 rings (SSSR count). The molecule has 0 atom stereocenters. The van der Waals surface area contributed by atoms with Gasteiger partial charge in [-0.3, -0.25) is 0 Å². The quantitative estimate of drug-likeness (QED) is 0.730. The van der Waals surface area contributed by atoms with Crippen molar-refractivity contribution in [2.45, 2.75) is 13.2 Å². The first kappa shape index (κ1) is 11.6. The minimum absolute atomic E-state index is 0.240. The van der Waals surface area contributed by atoms with E-state index >= 15 is 0 Å². The molecular formula is C9H7F4O2. The van der Waals surface area contributed by atoms with Gasteiger partial charge in [-0.25, -0.2) is 0 Å². The first-order valence-corrected chi connectivity index (χ1v) is 3.84. The average molecular weight is 223 g/mol. The number of hydrogen-bond acceptors (Lipinski definition) is 2. The predicted octanol–water partition coefficient (Wildman–Crippen LogP) is 3.07. The maximum atomic E-state index is 11.8. The second kappa shape index (κ2) is 4.86. The molecule has 0 saturated heterocycles. The molecule has 83 valence electrons. The van der Waals surface area contributed by atoms with Gasteiger partial charge in [0.1, 0.15) is 11.5 Å². The van der Waals surface area contributed by atoms with Crippen molar-refractivity contribution in [3.63, 3.8) is 0 Å². The summed E-state index contributed by atoms with van der Waals surface area (Å²) in [6, 6.07) is 3.31. The summed E-state index contributed by atoms with van der Waals surface area (Å²) in [5, 5.41) is 0. The minimum atomic E-state index is -3.02. The van der Waals surface area contributed by atoms with Crippen molar-refractivity contribution in [1.82, 2.24) is 0 Å². The van der Waals surface area contributed by atoms with Crippen LogP contribution >= 0.6 is 0 Å². The van der Waals surface area contributed by atoms with E-state index in [-0.39, 0.29) is 17.1 Å². The van der Waals surface area contributed by atoms with Crippen LogP contribution in [-0.4, -0.2) is 13.2 Å². The minimum Gasteiger partial charge on any atom is -0.435 e. The van der Waals surface area contributed by atoms with Gasteiger partial charge in [-0.2, -0.15) is 17.6 Å². The number of halogens is 4. The third-order valence-electron chi connectivity index (χ3n) is 1.39. The Morgan fingerprint density at radius 1 is 0.867 bits per heavy atom. The van der Waals surface area contributed by atoms with E-state index in [1.54, 1.807) is 0 Å². The monoisotopic (exact) mass is 223 g/mol. The van der Waals surface area contributed by atoms with Crippen LogP contribution in [0.1, 0.15) is 5.56 Å². The summed E-state index contributed by atoms with van der Waals surface area (Å²) in [6.45, 7) is -2.64. The summed E-state index contributed by atoms with van der Waals surface area (Å²) in [7, 11) is 0. The Balaban J connectivity index is 2.84. The summed E-state index contributed by atoms with van der Waals surface area (Å²) in [4.78, 5) is 0. The second-order valence-electron chi connectivity index (χ2n) is 2.57. The zero-order valence-electron chi connectivity index (χ0n) is 7.42. The average Bonchev–Trinajstić information content (AvgIpc) is 1.98. The van der Waals surface area contributed by atoms with Crippen molar-refractivity contribution in [2.24, 2.45) is 0 Å². The van der Waals surface area contributed by atoms with Gasteiger partial charge in [-0.15, -0.1) is 0 Å². The lowest BCUT2D eigenvalue weighted by molar-refractivity contribution is -0.0542. The number of alkyl halides is 4.